The molecule has 110 valence electrons. The third-order valence-electron chi connectivity index (χ3n) is 3.90. The van der Waals surface area contributed by atoms with Crippen molar-refractivity contribution in [1.82, 2.24) is 15.2 Å². The van der Waals surface area contributed by atoms with Gasteiger partial charge in [0.1, 0.15) is 0 Å². The number of amides is 1. The summed E-state index contributed by atoms with van der Waals surface area (Å²) in [6, 6.07) is 4.00. The highest BCUT2D eigenvalue weighted by Crippen LogP contribution is 2.23. The molecule has 0 aromatic carbocycles. The van der Waals surface area contributed by atoms with Crippen LogP contribution in [0.25, 0.3) is 0 Å². The molecule has 20 heavy (non-hydrogen) atoms. The van der Waals surface area contributed by atoms with Crippen molar-refractivity contribution in [2.45, 2.75) is 25.8 Å². The molecular formula is C15H23N3O2. The summed E-state index contributed by atoms with van der Waals surface area (Å²) in [7, 11) is 3.35. The number of ether oxygens (including phenoxy) is 1. The number of hydrogen-bond donors (Lipinski definition) is 1. The molecule has 1 amide bonds. The van der Waals surface area contributed by atoms with E-state index < -0.39 is 0 Å². The van der Waals surface area contributed by atoms with Crippen LogP contribution in [0, 0.1) is 5.92 Å². The number of likely N-dealkylation sites (tertiary alicyclic amines) is 1. The molecular weight excluding hydrogens is 254 g/mol. The summed E-state index contributed by atoms with van der Waals surface area (Å²) in [6.45, 7) is 2.92. The molecule has 2 heterocycles. The second-order valence-electron chi connectivity index (χ2n) is 5.27. The van der Waals surface area contributed by atoms with Crippen molar-refractivity contribution in [3.63, 3.8) is 0 Å². The number of carbonyl (C=O) groups is 1. The van der Waals surface area contributed by atoms with Crippen LogP contribution in [0.4, 0.5) is 0 Å². The molecule has 0 saturated carbocycles. The Morgan fingerprint density at radius 1 is 1.50 bits per heavy atom. The van der Waals surface area contributed by atoms with E-state index in [1.807, 2.05) is 6.07 Å². The molecule has 1 N–H and O–H groups in total. The van der Waals surface area contributed by atoms with Gasteiger partial charge in [-0.25, -0.2) is 4.98 Å². The van der Waals surface area contributed by atoms with Crippen LogP contribution >= 0.6 is 0 Å². The van der Waals surface area contributed by atoms with Gasteiger partial charge >= 0.3 is 0 Å². The van der Waals surface area contributed by atoms with E-state index >= 15 is 0 Å². The number of methoxy groups -OCH3 is 1. The molecule has 0 bridgehead atoms. The Balaban J connectivity index is 1.84. The first-order valence-corrected chi connectivity index (χ1v) is 7.13. The van der Waals surface area contributed by atoms with Crippen molar-refractivity contribution in [2.24, 2.45) is 5.92 Å². The average Bonchev–Trinajstić information content (AvgIpc) is 2.49. The van der Waals surface area contributed by atoms with Crippen LogP contribution in [0.1, 0.15) is 24.8 Å². The summed E-state index contributed by atoms with van der Waals surface area (Å²) in [4.78, 5) is 18.0. The van der Waals surface area contributed by atoms with Gasteiger partial charge < -0.3 is 10.1 Å². The first kappa shape index (κ1) is 14.8. The van der Waals surface area contributed by atoms with Crippen molar-refractivity contribution >= 4 is 5.91 Å². The lowest BCUT2D eigenvalue weighted by Gasteiger charge is -2.31. The van der Waals surface area contributed by atoms with Crippen LogP contribution in [0.3, 0.4) is 0 Å². The molecule has 1 fully saturated rings. The van der Waals surface area contributed by atoms with E-state index in [-0.39, 0.29) is 5.91 Å². The topological polar surface area (TPSA) is 54.5 Å². The molecule has 1 saturated heterocycles. The van der Waals surface area contributed by atoms with Crippen LogP contribution in [0.15, 0.2) is 18.3 Å². The molecule has 0 atom stereocenters. The van der Waals surface area contributed by atoms with Crippen molar-refractivity contribution in [2.75, 3.05) is 27.2 Å². The Labute approximate surface area is 120 Å². The average molecular weight is 277 g/mol. The summed E-state index contributed by atoms with van der Waals surface area (Å²) in [5, 5.41) is 2.70. The first-order valence-electron chi connectivity index (χ1n) is 7.13. The predicted octanol–water partition coefficient (Wildman–Crippen LogP) is 1.44. The van der Waals surface area contributed by atoms with E-state index in [2.05, 4.69) is 21.3 Å². The maximum Gasteiger partial charge on any atom is 0.220 e. The van der Waals surface area contributed by atoms with E-state index in [1.165, 1.54) is 0 Å². The lowest BCUT2D eigenvalue weighted by molar-refractivity contribution is -0.121. The van der Waals surface area contributed by atoms with E-state index in [0.717, 1.165) is 38.0 Å². The Bertz CT molecular complexity index is 442. The molecule has 0 aliphatic carbocycles. The molecule has 1 aliphatic heterocycles. The molecule has 0 unspecified atom stereocenters. The van der Waals surface area contributed by atoms with Crippen LogP contribution in [-0.4, -0.2) is 43.0 Å². The first-order chi connectivity index (χ1) is 9.72. The summed E-state index contributed by atoms with van der Waals surface area (Å²) in [5.74, 6) is 1.37. The van der Waals surface area contributed by atoms with Gasteiger partial charge in [-0.3, -0.25) is 9.69 Å². The number of carbonyl (C=O) groups excluding carboxylic acids is 1. The maximum absolute atomic E-state index is 11.4. The monoisotopic (exact) mass is 277 g/mol. The van der Waals surface area contributed by atoms with Crippen molar-refractivity contribution in [1.29, 1.82) is 0 Å². The second kappa shape index (κ2) is 7.24. The number of nitrogens with zero attached hydrogens (tertiary/aromatic N) is 2. The zero-order chi connectivity index (χ0) is 14.4. The number of aromatic nitrogens is 1. The van der Waals surface area contributed by atoms with Gasteiger partial charge in [0.15, 0.2) is 0 Å². The summed E-state index contributed by atoms with van der Waals surface area (Å²) in [6.07, 6.45) is 4.56. The minimum atomic E-state index is 0.150. The van der Waals surface area contributed by atoms with E-state index in [1.54, 1.807) is 20.4 Å². The fraction of sp³-hybridized carbons (Fsp3) is 0.600. The fourth-order valence-corrected chi connectivity index (χ4v) is 2.68. The number of nitrogens with one attached hydrogen (secondary N) is 1. The molecule has 1 aromatic rings. The van der Waals surface area contributed by atoms with Gasteiger partial charge in [0, 0.05) is 31.8 Å². The second-order valence-corrected chi connectivity index (χ2v) is 5.27. The highest BCUT2D eigenvalue weighted by molar-refractivity contribution is 5.75. The van der Waals surface area contributed by atoms with E-state index in [9.17, 15) is 4.79 Å². The zero-order valence-corrected chi connectivity index (χ0v) is 12.3. The van der Waals surface area contributed by atoms with Gasteiger partial charge in [0.05, 0.1) is 7.11 Å². The highest BCUT2D eigenvalue weighted by atomic mass is 16.5. The largest absolute Gasteiger partial charge is 0.481 e. The SMILES string of the molecule is CNC(=O)CC1CCN(Cc2cccnc2OC)CC1. The summed E-state index contributed by atoms with van der Waals surface area (Å²) in [5.41, 5.74) is 1.12. The molecule has 0 spiro atoms. The third kappa shape index (κ3) is 3.93. The number of piperidine rings is 1. The molecule has 1 aliphatic rings. The van der Waals surface area contributed by atoms with Crippen molar-refractivity contribution in [3.8, 4) is 5.88 Å². The van der Waals surface area contributed by atoms with Gasteiger partial charge in [-0.15, -0.1) is 0 Å². The summed E-state index contributed by atoms with van der Waals surface area (Å²) >= 11 is 0. The Morgan fingerprint density at radius 2 is 2.25 bits per heavy atom. The Morgan fingerprint density at radius 3 is 2.90 bits per heavy atom. The lowest BCUT2D eigenvalue weighted by Crippen LogP contribution is -2.35. The third-order valence-corrected chi connectivity index (χ3v) is 3.90. The number of rotatable bonds is 5. The van der Waals surface area contributed by atoms with E-state index in [4.69, 9.17) is 4.74 Å². The quantitative estimate of drug-likeness (QED) is 0.885. The molecule has 0 radical (unpaired) electrons. The van der Waals surface area contributed by atoms with Gasteiger partial charge in [-0.1, -0.05) is 6.07 Å². The molecule has 1 aromatic heterocycles. The molecule has 5 nitrogen and oxygen atoms in total. The zero-order valence-electron chi connectivity index (χ0n) is 12.3. The Hall–Kier alpha value is -1.62. The van der Waals surface area contributed by atoms with Crippen LogP contribution in [-0.2, 0) is 11.3 Å². The fourth-order valence-electron chi connectivity index (χ4n) is 2.68. The lowest BCUT2D eigenvalue weighted by atomic mass is 9.93. The minimum absolute atomic E-state index is 0.150. The van der Waals surface area contributed by atoms with Gasteiger partial charge in [0.2, 0.25) is 11.8 Å². The standard InChI is InChI=1S/C15H23N3O2/c1-16-14(19)10-12-5-8-18(9-6-12)11-13-4-3-7-17-15(13)20-2/h3-4,7,12H,5-6,8-11H2,1-2H3,(H,16,19). The van der Waals surface area contributed by atoms with E-state index in [0.29, 0.717) is 18.2 Å². The molecule has 5 heteroatoms. The number of hydrogen-bond acceptors (Lipinski definition) is 4. The van der Waals surface area contributed by atoms with Crippen LogP contribution in [0.2, 0.25) is 0 Å². The minimum Gasteiger partial charge on any atom is -0.481 e. The van der Waals surface area contributed by atoms with Gasteiger partial charge in [-0.05, 0) is 37.9 Å². The maximum atomic E-state index is 11.4. The van der Waals surface area contributed by atoms with Crippen molar-refractivity contribution < 1.29 is 9.53 Å². The predicted molar refractivity (Wildman–Crippen MR) is 77.5 cm³/mol. The smallest absolute Gasteiger partial charge is 0.220 e. The van der Waals surface area contributed by atoms with Crippen LogP contribution < -0.4 is 10.1 Å². The highest BCUT2D eigenvalue weighted by Gasteiger charge is 2.21. The van der Waals surface area contributed by atoms with Gasteiger partial charge in [0.25, 0.3) is 0 Å². The normalized spacial score (nSPS) is 16.9. The van der Waals surface area contributed by atoms with Crippen molar-refractivity contribution in [3.05, 3.63) is 23.9 Å². The number of pyridine rings is 1. The van der Waals surface area contributed by atoms with Crippen LogP contribution in [0.5, 0.6) is 5.88 Å². The Kier molecular flexibility index (Phi) is 5.35. The summed E-state index contributed by atoms with van der Waals surface area (Å²) < 4.78 is 5.28. The molecule has 2 rings (SSSR count). The van der Waals surface area contributed by atoms with Gasteiger partial charge in [-0.2, -0.15) is 0 Å².